The second kappa shape index (κ2) is 9.81. The van der Waals surface area contributed by atoms with E-state index >= 15 is 0 Å². The fourth-order valence-electron chi connectivity index (χ4n) is 4.26. The third-order valence-corrected chi connectivity index (χ3v) is 7.12. The number of alkyl halides is 6. The van der Waals surface area contributed by atoms with Crippen LogP contribution >= 0.6 is 0 Å². The van der Waals surface area contributed by atoms with Gasteiger partial charge in [0.15, 0.2) is 0 Å². The summed E-state index contributed by atoms with van der Waals surface area (Å²) in [6.45, 7) is -1.37. The van der Waals surface area contributed by atoms with Gasteiger partial charge in [-0.05, 0) is 44.8 Å². The minimum Gasteiger partial charge on any atom is -0.744 e. The van der Waals surface area contributed by atoms with Gasteiger partial charge < -0.3 is 14.4 Å². The zero-order valence-electron chi connectivity index (χ0n) is 19.5. The summed E-state index contributed by atoms with van der Waals surface area (Å²) in [5.74, 6) is -1.22. The first kappa shape index (κ1) is 28.3. The first-order valence-corrected chi connectivity index (χ1v) is 12.5. The number of benzene rings is 4. The van der Waals surface area contributed by atoms with Crippen LogP contribution in [0.4, 0.5) is 26.3 Å². The summed E-state index contributed by atoms with van der Waals surface area (Å²) in [6.07, 6.45) is -14.0. The number of esters is 1. The molecule has 6 nitrogen and oxygen atoms in total. The van der Waals surface area contributed by atoms with Crippen molar-refractivity contribution in [2.24, 2.45) is 0 Å². The van der Waals surface area contributed by atoms with Crippen LogP contribution in [0, 0.1) is 0 Å². The minimum atomic E-state index is -6.05. The number of fused-ring (bicyclic) bond motifs is 2. The van der Waals surface area contributed by atoms with Gasteiger partial charge in [-0.25, -0.2) is 13.2 Å². The number of aliphatic hydroxyl groups is 1. The highest BCUT2D eigenvalue weighted by Gasteiger charge is 2.70. The van der Waals surface area contributed by atoms with Crippen molar-refractivity contribution in [3.63, 3.8) is 0 Å². The molecular weight excluding hydrogens is 554 g/mol. The van der Waals surface area contributed by atoms with Crippen LogP contribution in [0.1, 0.15) is 16.8 Å². The predicted octanol–water partition coefficient (Wildman–Crippen LogP) is 5.97. The van der Waals surface area contributed by atoms with Gasteiger partial charge in [0.25, 0.3) is 5.60 Å². The Bertz CT molecular complexity index is 1660. The Morgan fingerprint density at radius 2 is 1.26 bits per heavy atom. The van der Waals surface area contributed by atoms with Gasteiger partial charge in [0.05, 0.1) is 17.1 Å². The van der Waals surface area contributed by atoms with Gasteiger partial charge in [-0.15, -0.1) is 0 Å². The van der Waals surface area contributed by atoms with Gasteiger partial charge >= 0.3 is 18.3 Å². The third kappa shape index (κ3) is 5.16. The van der Waals surface area contributed by atoms with Gasteiger partial charge in [0.1, 0.15) is 10.1 Å². The molecule has 4 aromatic rings. The predicted molar refractivity (Wildman–Crippen MR) is 127 cm³/mol. The number of hydrogen-bond acceptors (Lipinski definition) is 6. The normalized spacial score (nSPS) is 13.1. The molecule has 0 saturated heterocycles. The van der Waals surface area contributed by atoms with Crippen molar-refractivity contribution in [2.45, 2.75) is 29.3 Å². The number of halogens is 6. The Morgan fingerprint density at radius 1 is 0.744 bits per heavy atom. The lowest BCUT2D eigenvalue weighted by Crippen LogP contribution is -2.57. The molecule has 0 aromatic heterocycles. The molecule has 13 heteroatoms. The Kier molecular flexibility index (Phi) is 7.13. The van der Waals surface area contributed by atoms with Crippen molar-refractivity contribution in [1.29, 1.82) is 0 Å². The van der Waals surface area contributed by atoms with Crippen LogP contribution in [0.3, 0.4) is 0 Å². The summed E-state index contributed by atoms with van der Waals surface area (Å²) < 4.78 is 117. The molecule has 0 fully saturated rings. The van der Waals surface area contributed by atoms with Crippen molar-refractivity contribution in [3.8, 4) is 11.1 Å². The molecule has 39 heavy (non-hydrogen) atoms. The quantitative estimate of drug-likeness (QED) is 0.174. The second-order valence-electron chi connectivity index (χ2n) is 8.56. The van der Waals surface area contributed by atoms with Gasteiger partial charge in [-0.1, -0.05) is 60.7 Å². The van der Waals surface area contributed by atoms with Crippen LogP contribution in [0.5, 0.6) is 0 Å². The zero-order valence-corrected chi connectivity index (χ0v) is 20.3. The van der Waals surface area contributed by atoms with E-state index in [1.54, 1.807) is 30.3 Å². The Morgan fingerprint density at radius 3 is 1.87 bits per heavy atom. The molecule has 0 bridgehead atoms. The maximum absolute atomic E-state index is 12.9. The Balaban J connectivity index is 1.73. The molecular formula is C26H17F6O6S-. The highest BCUT2D eigenvalue weighted by molar-refractivity contribution is 7.86. The van der Waals surface area contributed by atoms with Gasteiger partial charge in [0.2, 0.25) is 0 Å². The average molecular weight is 571 g/mol. The third-order valence-electron chi connectivity index (χ3n) is 6.22. The van der Waals surface area contributed by atoms with Crippen LogP contribution in [0.15, 0.2) is 77.7 Å². The topological polar surface area (TPSA) is 104 Å². The van der Waals surface area contributed by atoms with Crippen LogP contribution in [-0.2, 0) is 14.9 Å². The molecule has 0 aliphatic rings. The summed E-state index contributed by atoms with van der Waals surface area (Å²) in [4.78, 5) is 12.3. The lowest BCUT2D eigenvalue weighted by molar-refractivity contribution is -0.371. The van der Waals surface area contributed by atoms with Crippen LogP contribution in [-0.4, -0.2) is 48.6 Å². The fraction of sp³-hybridized carbons (Fsp3) is 0.192. The first-order chi connectivity index (χ1) is 18.1. The van der Waals surface area contributed by atoms with Crippen molar-refractivity contribution in [3.05, 3.63) is 78.4 Å². The maximum atomic E-state index is 12.9. The SMILES string of the molecule is O=C(OCCC(O)(C(F)(F)F)C(F)(F)F)c1ccc(-c2cccc3c(S(=O)(=O)[O-])cccc23)c2ccccc12. The highest BCUT2D eigenvalue weighted by atomic mass is 32.2. The molecule has 0 spiro atoms. The molecule has 206 valence electrons. The molecule has 0 heterocycles. The van der Waals surface area contributed by atoms with Crippen LogP contribution in [0.2, 0.25) is 0 Å². The summed E-state index contributed by atoms with van der Waals surface area (Å²) in [5.41, 5.74) is -4.23. The summed E-state index contributed by atoms with van der Waals surface area (Å²) in [6, 6.07) is 17.8. The summed E-state index contributed by atoms with van der Waals surface area (Å²) in [5, 5.41) is 10.5. The molecule has 0 amide bonds. The standard InChI is InChI=1S/C26H18F6O6S/c27-25(28,29)24(34,26(30,31)32)13-14-38-23(33)21-12-11-19(15-5-1-2-6-18(15)21)16-7-3-9-20-17(16)8-4-10-22(20)39(35,36)37/h1-12,34H,13-14H2,(H,35,36,37)/p-1. The first-order valence-electron chi connectivity index (χ1n) is 11.1. The van der Waals surface area contributed by atoms with Crippen molar-refractivity contribution >= 4 is 37.6 Å². The van der Waals surface area contributed by atoms with E-state index in [-0.39, 0.29) is 16.3 Å². The van der Waals surface area contributed by atoms with E-state index in [0.29, 0.717) is 21.9 Å². The maximum Gasteiger partial charge on any atom is 0.426 e. The molecule has 4 rings (SSSR count). The summed E-state index contributed by atoms with van der Waals surface area (Å²) >= 11 is 0. The number of carbonyl (C=O) groups is 1. The Labute approximate surface area is 217 Å². The van der Waals surface area contributed by atoms with Gasteiger partial charge in [-0.2, -0.15) is 26.3 Å². The number of hydrogen-bond donors (Lipinski definition) is 1. The smallest absolute Gasteiger partial charge is 0.426 e. The van der Waals surface area contributed by atoms with E-state index in [1.807, 2.05) is 0 Å². The van der Waals surface area contributed by atoms with E-state index in [0.717, 1.165) is 0 Å². The molecule has 0 aliphatic heterocycles. The van der Waals surface area contributed by atoms with E-state index in [2.05, 4.69) is 0 Å². The number of carbonyl (C=O) groups excluding carboxylic acids is 1. The Hall–Kier alpha value is -3.68. The molecule has 0 radical (unpaired) electrons. The highest BCUT2D eigenvalue weighted by Crippen LogP contribution is 2.45. The van der Waals surface area contributed by atoms with Crippen molar-refractivity contribution < 1.29 is 54.0 Å². The van der Waals surface area contributed by atoms with Crippen molar-refractivity contribution in [2.75, 3.05) is 6.61 Å². The second-order valence-corrected chi connectivity index (χ2v) is 9.91. The average Bonchev–Trinajstić information content (AvgIpc) is 2.85. The fourth-order valence-corrected chi connectivity index (χ4v) is 4.95. The molecule has 0 atom stereocenters. The largest absolute Gasteiger partial charge is 0.744 e. The van der Waals surface area contributed by atoms with Gasteiger partial charge in [-0.3, -0.25) is 0 Å². The van der Waals surface area contributed by atoms with E-state index in [1.165, 1.54) is 42.5 Å². The molecule has 0 unspecified atom stereocenters. The van der Waals surface area contributed by atoms with Crippen LogP contribution < -0.4 is 0 Å². The number of ether oxygens (including phenoxy) is 1. The van der Waals surface area contributed by atoms with Crippen molar-refractivity contribution in [1.82, 2.24) is 0 Å². The van der Waals surface area contributed by atoms with E-state index < -0.39 is 52.0 Å². The van der Waals surface area contributed by atoms with E-state index in [4.69, 9.17) is 4.74 Å². The lowest BCUT2D eigenvalue weighted by atomic mass is 9.92. The minimum absolute atomic E-state index is 0.166. The zero-order chi connectivity index (χ0) is 28.8. The van der Waals surface area contributed by atoms with Crippen LogP contribution in [0.25, 0.3) is 32.7 Å². The molecule has 4 aromatic carbocycles. The lowest BCUT2D eigenvalue weighted by Gasteiger charge is -2.32. The number of rotatable bonds is 6. The van der Waals surface area contributed by atoms with Gasteiger partial charge in [0, 0.05) is 6.42 Å². The molecule has 0 saturated carbocycles. The summed E-state index contributed by atoms with van der Waals surface area (Å²) in [7, 11) is -4.80. The van der Waals surface area contributed by atoms with E-state index in [9.17, 15) is 49.2 Å². The molecule has 0 aliphatic carbocycles. The molecule has 1 N–H and O–H groups in total. The monoisotopic (exact) mass is 571 g/mol.